The van der Waals surface area contributed by atoms with E-state index in [1.54, 1.807) is 35.2 Å². The minimum atomic E-state index is -1.12. The second-order valence-electron chi connectivity index (χ2n) is 21.5. The molecule has 6 bridgehead atoms. The van der Waals surface area contributed by atoms with Crippen LogP contribution in [0.1, 0.15) is 102 Å². The number of hydrogen-bond acceptors (Lipinski definition) is 11. The van der Waals surface area contributed by atoms with E-state index in [-0.39, 0.29) is 48.7 Å². The molecule has 0 unspecified atom stereocenters. The van der Waals surface area contributed by atoms with Crippen LogP contribution in [-0.2, 0) is 52.8 Å². The van der Waals surface area contributed by atoms with Crippen LogP contribution in [0, 0.1) is 16.7 Å². The lowest BCUT2D eigenvalue weighted by molar-refractivity contribution is -0.155. The number of amides is 4. The topological polar surface area (TPSA) is 198 Å². The minimum absolute atomic E-state index is 0.0125. The molecule has 7 heterocycles. The van der Waals surface area contributed by atoms with Crippen molar-refractivity contribution in [3.8, 4) is 28.1 Å². The number of benzene rings is 2. The van der Waals surface area contributed by atoms with Gasteiger partial charge in [-0.15, -0.1) is 0 Å². The zero-order valence-electron chi connectivity index (χ0n) is 41.2. The van der Waals surface area contributed by atoms with Gasteiger partial charge in [-0.2, -0.15) is 0 Å². The average Bonchev–Trinajstić information content (AvgIpc) is 3.61. The third kappa shape index (κ3) is 9.06. The molecule has 70 heavy (non-hydrogen) atoms. The molecule has 372 valence electrons. The summed E-state index contributed by atoms with van der Waals surface area (Å²) in [5.74, 6) is -1.44. The van der Waals surface area contributed by atoms with Gasteiger partial charge in [0.2, 0.25) is 17.7 Å². The number of nitrogens with one attached hydrogen (secondary N) is 3. The highest BCUT2D eigenvalue weighted by atomic mass is 16.5. The van der Waals surface area contributed by atoms with Crippen molar-refractivity contribution < 1.29 is 38.6 Å². The Kier molecular flexibility index (Phi) is 13.0. The van der Waals surface area contributed by atoms with Crippen LogP contribution < -0.4 is 16.1 Å². The molecule has 16 heteroatoms. The molecule has 2 aromatic carbocycles. The molecule has 4 aromatic rings. The van der Waals surface area contributed by atoms with Gasteiger partial charge in [-0.05, 0) is 123 Å². The van der Waals surface area contributed by atoms with E-state index in [2.05, 4.69) is 59.6 Å². The number of aryl methyl sites for hydroxylation is 1. The van der Waals surface area contributed by atoms with Crippen LogP contribution in [0.5, 0.6) is 5.75 Å². The van der Waals surface area contributed by atoms with Crippen LogP contribution in [-0.4, -0.2) is 130 Å². The van der Waals surface area contributed by atoms with Crippen molar-refractivity contribution in [3.05, 3.63) is 71.5 Å². The summed E-state index contributed by atoms with van der Waals surface area (Å²) < 4.78 is 14.3. The normalized spacial score (nSPS) is 25.9. The Labute approximate surface area is 409 Å². The number of aromatic hydroxyl groups is 1. The van der Waals surface area contributed by atoms with Gasteiger partial charge in [0.05, 0.1) is 35.6 Å². The fourth-order valence-electron chi connectivity index (χ4n) is 12.2. The third-order valence-electron chi connectivity index (χ3n) is 16.0. The predicted molar refractivity (Wildman–Crippen MR) is 263 cm³/mol. The van der Waals surface area contributed by atoms with E-state index in [0.717, 1.165) is 70.2 Å². The minimum Gasteiger partial charge on any atom is -0.508 e. The molecule has 4 amide bonds. The Morgan fingerprint density at radius 2 is 1.79 bits per heavy atom. The van der Waals surface area contributed by atoms with E-state index < -0.39 is 46.7 Å². The number of rotatable bonds is 9. The van der Waals surface area contributed by atoms with Crippen molar-refractivity contribution in [3.63, 3.8) is 0 Å². The summed E-state index contributed by atoms with van der Waals surface area (Å²) in [6, 6.07) is 12.7. The molecule has 1 saturated carbocycles. The number of ether oxygens (including phenoxy) is 2. The van der Waals surface area contributed by atoms with Crippen molar-refractivity contribution in [1.29, 1.82) is 0 Å². The number of phenolic OH excluding ortho intramolecular Hbond substituents is 1. The van der Waals surface area contributed by atoms with Crippen molar-refractivity contribution >= 4 is 40.5 Å². The van der Waals surface area contributed by atoms with E-state index in [9.17, 15) is 24.3 Å². The quantitative estimate of drug-likeness (QED) is 0.123. The van der Waals surface area contributed by atoms with Crippen LogP contribution in [0.15, 0.2) is 54.7 Å². The van der Waals surface area contributed by atoms with Crippen molar-refractivity contribution in [2.24, 2.45) is 16.7 Å². The standard InChI is InChI=1S/C54H68N8O8/c1-6-60-44-16-15-35-27-39(44)40(47(60)38-13-9-19-55-45(38)32(2)69-5)28-53(3,4)31-70-51(67)41-14-10-20-62(58-41)50(66)42(25-33-23-36(35)26-37(63)24-33)57-48(64)46(34-11-7-8-12-34)61-22-18-54(52(61)68)17-21-59(30-54)49(65)43-29-56-43/h9,13,15-16,19,23-24,26-27,32,34,41-43,46,56,58,63H,6-8,10-12,14,17-18,20-22,25,28-31H2,1-5H3,(H,57,64)/t32-,41-,42-,43+,46-,54+/m0/s1. The lowest BCUT2D eigenvalue weighted by atomic mass is 9.84. The lowest BCUT2D eigenvalue weighted by Gasteiger charge is -2.37. The number of phenols is 1. The summed E-state index contributed by atoms with van der Waals surface area (Å²) in [5.41, 5.74) is 9.00. The van der Waals surface area contributed by atoms with E-state index in [4.69, 9.17) is 14.5 Å². The first kappa shape index (κ1) is 47.8. The smallest absolute Gasteiger partial charge is 0.324 e. The number of likely N-dealkylation sites (tertiary alicyclic amines) is 2. The van der Waals surface area contributed by atoms with Gasteiger partial charge in [0.1, 0.15) is 23.9 Å². The first-order valence-corrected chi connectivity index (χ1v) is 25.5. The number of methoxy groups -OCH3 is 1. The zero-order valence-corrected chi connectivity index (χ0v) is 41.2. The molecule has 10 rings (SSSR count). The molecule has 2 aromatic heterocycles. The SMILES string of the molecule is CCn1c(-c2cccnc2[C@H](C)OC)c2c3cc(ccc31)-c1cc(O)cc(c1)C[C@H](NC(=O)[C@H](C1CCCC1)N1CC[C@@]3(CCN(C(=O)[C@H]4CN4)C3)C1=O)C(=O)N1CCC[C@H](N1)C(=O)OCC(C)(C)C2. The molecule has 4 saturated heterocycles. The predicted octanol–water partition coefficient (Wildman–Crippen LogP) is 5.43. The summed E-state index contributed by atoms with van der Waals surface area (Å²) in [6.07, 6.45) is 7.61. The van der Waals surface area contributed by atoms with Crippen molar-refractivity contribution in [1.82, 2.24) is 40.4 Å². The number of carbonyl (C=O) groups excluding carboxylic acids is 5. The highest BCUT2D eigenvalue weighted by molar-refractivity contribution is 5.97. The average molecular weight is 957 g/mol. The van der Waals surface area contributed by atoms with Crippen LogP contribution in [0.25, 0.3) is 33.3 Å². The second-order valence-corrected chi connectivity index (χ2v) is 21.5. The number of cyclic esters (lactones) is 1. The number of aromatic nitrogens is 2. The van der Waals surface area contributed by atoms with Crippen LogP contribution in [0.2, 0.25) is 0 Å². The first-order valence-electron chi connectivity index (χ1n) is 25.5. The largest absolute Gasteiger partial charge is 0.508 e. The maximum absolute atomic E-state index is 15.1. The van der Waals surface area contributed by atoms with E-state index in [1.807, 2.05) is 25.1 Å². The Hall–Kier alpha value is -5.84. The number of hydrazine groups is 1. The van der Waals surface area contributed by atoms with Gasteiger partial charge >= 0.3 is 5.97 Å². The highest BCUT2D eigenvalue weighted by Crippen LogP contribution is 2.45. The Bertz CT molecular complexity index is 2710. The number of nitrogens with zero attached hydrogens (tertiary/aromatic N) is 5. The van der Waals surface area contributed by atoms with Gasteiger partial charge in [-0.25, -0.2) is 5.43 Å². The Morgan fingerprint density at radius 1 is 1.00 bits per heavy atom. The summed E-state index contributed by atoms with van der Waals surface area (Å²) in [7, 11) is 1.68. The maximum Gasteiger partial charge on any atom is 0.324 e. The van der Waals surface area contributed by atoms with E-state index >= 15 is 4.79 Å². The molecule has 5 aliphatic heterocycles. The molecular weight excluding hydrogens is 889 g/mol. The van der Waals surface area contributed by atoms with E-state index in [0.29, 0.717) is 76.9 Å². The van der Waals surface area contributed by atoms with Crippen LogP contribution >= 0.6 is 0 Å². The Morgan fingerprint density at radius 3 is 2.54 bits per heavy atom. The Balaban J connectivity index is 1.03. The molecular formula is C54H68N8O8. The van der Waals surface area contributed by atoms with Crippen LogP contribution in [0.3, 0.4) is 0 Å². The van der Waals surface area contributed by atoms with Gasteiger partial charge < -0.3 is 39.6 Å². The molecule has 16 nitrogen and oxygen atoms in total. The summed E-state index contributed by atoms with van der Waals surface area (Å²) in [4.78, 5) is 80.2. The fraction of sp³-hybridized carbons (Fsp3) is 0.556. The van der Waals surface area contributed by atoms with Gasteiger partial charge in [-0.1, -0.05) is 38.8 Å². The lowest BCUT2D eigenvalue weighted by Crippen LogP contribution is -2.62. The molecule has 6 atom stereocenters. The highest BCUT2D eigenvalue weighted by Gasteiger charge is 2.56. The van der Waals surface area contributed by atoms with Gasteiger partial charge in [-0.3, -0.25) is 34.0 Å². The third-order valence-corrected chi connectivity index (χ3v) is 16.0. The summed E-state index contributed by atoms with van der Waals surface area (Å²) in [6.45, 7) is 11.3. The van der Waals surface area contributed by atoms with Crippen molar-refractivity contribution in [2.45, 2.75) is 129 Å². The van der Waals surface area contributed by atoms with Gasteiger partial charge in [0, 0.05) is 80.9 Å². The van der Waals surface area contributed by atoms with Gasteiger partial charge in [0.15, 0.2) is 0 Å². The number of pyridine rings is 1. The molecule has 1 aliphatic carbocycles. The maximum atomic E-state index is 15.1. The first-order chi connectivity index (χ1) is 33.7. The molecule has 0 radical (unpaired) electrons. The number of esters is 1. The number of hydrogen-bond donors (Lipinski definition) is 4. The molecule has 4 N–H and O–H groups in total. The summed E-state index contributed by atoms with van der Waals surface area (Å²) >= 11 is 0. The zero-order chi connectivity index (χ0) is 49.1. The van der Waals surface area contributed by atoms with E-state index in [1.165, 1.54) is 5.01 Å². The van der Waals surface area contributed by atoms with Crippen molar-refractivity contribution in [2.75, 3.05) is 46.4 Å². The number of carbonyl (C=O) groups is 5. The number of fused-ring (bicyclic) bond motifs is 6. The van der Waals surface area contributed by atoms with Crippen LogP contribution in [0.4, 0.5) is 0 Å². The summed E-state index contributed by atoms with van der Waals surface area (Å²) in [5, 5.41) is 20.1. The molecule has 5 fully saturated rings. The molecule has 1 spiro atoms. The second kappa shape index (κ2) is 19.1. The molecule has 6 aliphatic rings. The monoisotopic (exact) mass is 957 g/mol. The fourth-order valence-corrected chi connectivity index (χ4v) is 12.2. The van der Waals surface area contributed by atoms with Gasteiger partial charge in [0.25, 0.3) is 5.91 Å².